The Hall–Kier alpha value is -2.97. The summed E-state index contributed by atoms with van der Waals surface area (Å²) in [6, 6.07) is 5.81. The van der Waals surface area contributed by atoms with Gasteiger partial charge in [-0.2, -0.15) is 0 Å². The van der Waals surface area contributed by atoms with E-state index < -0.39 is 32.9 Å². The van der Waals surface area contributed by atoms with E-state index in [0.29, 0.717) is 24.4 Å². The largest absolute Gasteiger partial charge is 0.393 e. The number of benzene rings is 2. The number of hydrogen-bond acceptors (Lipinski definition) is 6. The number of aliphatic hydroxyl groups excluding tert-OH is 1. The zero-order chi connectivity index (χ0) is 25.9. The van der Waals surface area contributed by atoms with E-state index in [2.05, 4.69) is 31.8 Å². The maximum absolute atomic E-state index is 15.0. The van der Waals surface area contributed by atoms with Crippen molar-refractivity contribution in [2.45, 2.75) is 42.7 Å². The lowest BCUT2D eigenvalue weighted by molar-refractivity contribution is 0.126. The Kier molecular flexibility index (Phi) is 7.95. The summed E-state index contributed by atoms with van der Waals surface area (Å²) in [5.74, 6) is 3.19. The number of aromatic nitrogens is 2. The molecule has 0 amide bonds. The highest BCUT2D eigenvalue weighted by Gasteiger charge is 2.22. The van der Waals surface area contributed by atoms with Crippen molar-refractivity contribution in [2.75, 3.05) is 10.0 Å². The first-order valence-corrected chi connectivity index (χ1v) is 13.1. The van der Waals surface area contributed by atoms with Crippen molar-refractivity contribution in [3.05, 3.63) is 75.5 Å². The molecule has 188 valence electrons. The van der Waals surface area contributed by atoms with Gasteiger partial charge in [-0.1, -0.05) is 35.0 Å². The minimum atomic E-state index is -4.32. The van der Waals surface area contributed by atoms with E-state index in [-0.39, 0.29) is 27.1 Å². The van der Waals surface area contributed by atoms with E-state index in [1.54, 1.807) is 0 Å². The van der Waals surface area contributed by atoms with Crippen LogP contribution in [0.1, 0.15) is 36.8 Å². The van der Waals surface area contributed by atoms with Crippen LogP contribution in [0.3, 0.4) is 0 Å². The Bertz CT molecular complexity index is 1440. The average molecular weight is 553 g/mol. The van der Waals surface area contributed by atoms with Crippen LogP contribution in [0.5, 0.6) is 0 Å². The SMILES string of the molecule is O=S(=O)(Nc1ccc(F)c(C#Cc2cnc(NC3CCC(O)CC3)nc2)c1F)c1cc(Cl)ccc1Cl. The molecule has 1 aliphatic rings. The van der Waals surface area contributed by atoms with Gasteiger partial charge in [-0.3, -0.25) is 4.72 Å². The normalized spacial score (nSPS) is 17.7. The number of aliphatic hydroxyl groups is 1. The maximum Gasteiger partial charge on any atom is 0.263 e. The van der Waals surface area contributed by atoms with Gasteiger partial charge in [0.05, 0.1) is 27.9 Å². The highest BCUT2D eigenvalue weighted by molar-refractivity contribution is 7.92. The molecule has 1 aromatic heterocycles. The van der Waals surface area contributed by atoms with Gasteiger partial charge in [0, 0.05) is 23.5 Å². The molecule has 4 rings (SSSR count). The molecule has 0 unspecified atom stereocenters. The monoisotopic (exact) mass is 552 g/mol. The van der Waals surface area contributed by atoms with E-state index in [1.165, 1.54) is 24.5 Å². The van der Waals surface area contributed by atoms with Crippen molar-refractivity contribution in [1.82, 2.24) is 9.97 Å². The summed E-state index contributed by atoms with van der Waals surface area (Å²) in [5, 5.41) is 12.8. The van der Waals surface area contributed by atoms with Gasteiger partial charge in [0.2, 0.25) is 5.95 Å². The summed E-state index contributed by atoms with van der Waals surface area (Å²) in [6.07, 6.45) is 5.56. The van der Waals surface area contributed by atoms with Gasteiger partial charge in [0.1, 0.15) is 10.7 Å². The van der Waals surface area contributed by atoms with Crippen molar-refractivity contribution >= 4 is 44.9 Å². The van der Waals surface area contributed by atoms with Crippen LogP contribution in [-0.4, -0.2) is 35.6 Å². The summed E-state index contributed by atoms with van der Waals surface area (Å²) < 4.78 is 56.8. The Morgan fingerprint density at radius 2 is 1.69 bits per heavy atom. The molecule has 3 aromatic rings. The molecule has 36 heavy (non-hydrogen) atoms. The minimum absolute atomic E-state index is 0.117. The van der Waals surface area contributed by atoms with Gasteiger partial charge >= 0.3 is 0 Å². The fourth-order valence-corrected chi connectivity index (χ4v) is 5.46. The second-order valence-corrected chi connectivity index (χ2v) is 10.7. The minimum Gasteiger partial charge on any atom is -0.393 e. The van der Waals surface area contributed by atoms with Gasteiger partial charge in [0.15, 0.2) is 5.82 Å². The summed E-state index contributed by atoms with van der Waals surface area (Å²) >= 11 is 11.8. The van der Waals surface area contributed by atoms with Crippen LogP contribution in [0, 0.1) is 23.5 Å². The van der Waals surface area contributed by atoms with Crippen LogP contribution in [0.2, 0.25) is 10.0 Å². The predicted molar refractivity (Wildman–Crippen MR) is 134 cm³/mol. The zero-order valence-electron chi connectivity index (χ0n) is 18.6. The molecule has 1 aliphatic carbocycles. The molecule has 0 atom stereocenters. The number of rotatable bonds is 5. The third-order valence-electron chi connectivity index (χ3n) is 5.53. The van der Waals surface area contributed by atoms with Crippen molar-refractivity contribution in [2.24, 2.45) is 0 Å². The number of halogens is 4. The molecule has 0 spiro atoms. The molecule has 0 bridgehead atoms. The second-order valence-electron chi connectivity index (χ2n) is 8.16. The molecule has 0 saturated heterocycles. The van der Waals surface area contributed by atoms with E-state index in [0.717, 1.165) is 31.0 Å². The third-order valence-corrected chi connectivity index (χ3v) is 7.61. The molecular weight excluding hydrogens is 533 g/mol. The van der Waals surface area contributed by atoms with E-state index in [9.17, 15) is 17.9 Å². The summed E-state index contributed by atoms with van der Waals surface area (Å²) in [5.41, 5.74) is -0.837. The highest BCUT2D eigenvalue weighted by Crippen LogP contribution is 2.29. The topological polar surface area (TPSA) is 104 Å². The van der Waals surface area contributed by atoms with Gasteiger partial charge in [-0.25, -0.2) is 27.2 Å². The first-order chi connectivity index (χ1) is 17.1. The van der Waals surface area contributed by atoms with Crippen LogP contribution < -0.4 is 10.0 Å². The second kappa shape index (κ2) is 11.0. The predicted octanol–water partition coefficient (Wildman–Crippen LogP) is 4.98. The van der Waals surface area contributed by atoms with Crippen LogP contribution in [-0.2, 0) is 10.0 Å². The lowest BCUT2D eigenvalue weighted by atomic mass is 9.93. The molecular formula is C24H20Cl2F2N4O3S. The van der Waals surface area contributed by atoms with Crippen molar-refractivity contribution in [1.29, 1.82) is 0 Å². The lowest BCUT2D eigenvalue weighted by Gasteiger charge is -2.25. The number of anilines is 2. The van der Waals surface area contributed by atoms with Gasteiger partial charge in [-0.05, 0) is 56.0 Å². The molecule has 0 aliphatic heterocycles. The fraction of sp³-hybridized carbons (Fsp3) is 0.250. The summed E-state index contributed by atoms with van der Waals surface area (Å²) in [7, 11) is -4.32. The highest BCUT2D eigenvalue weighted by atomic mass is 35.5. The maximum atomic E-state index is 15.0. The Morgan fingerprint density at radius 1 is 1.00 bits per heavy atom. The fourth-order valence-electron chi connectivity index (χ4n) is 3.63. The molecule has 1 fully saturated rings. The van der Waals surface area contributed by atoms with Crippen molar-refractivity contribution < 1.29 is 22.3 Å². The van der Waals surface area contributed by atoms with E-state index in [4.69, 9.17) is 23.2 Å². The number of sulfonamides is 1. The quantitative estimate of drug-likeness (QED) is 0.386. The molecule has 0 radical (unpaired) electrons. The van der Waals surface area contributed by atoms with Crippen LogP contribution in [0.15, 0.2) is 47.6 Å². The first kappa shape index (κ1) is 26.1. The molecule has 7 nitrogen and oxygen atoms in total. The van der Waals surface area contributed by atoms with E-state index >= 15 is 4.39 Å². The molecule has 2 aromatic carbocycles. The molecule has 1 saturated carbocycles. The standard InChI is InChI=1S/C24H20Cl2F2N4O3S/c25-15-2-8-19(26)22(11-15)36(34,35)32-21-10-9-20(27)18(23(21)28)7-1-14-12-29-24(30-13-14)31-16-3-5-17(33)6-4-16/h2,8-13,16-17,32-33H,3-6H2,(H,29,30,31). The van der Waals surface area contributed by atoms with Gasteiger partial charge in [-0.15, -0.1) is 0 Å². The van der Waals surface area contributed by atoms with Crippen LogP contribution in [0.25, 0.3) is 0 Å². The van der Waals surface area contributed by atoms with Crippen LogP contribution in [0.4, 0.5) is 20.4 Å². The Labute approximate surface area is 216 Å². The Balaban J connectivity index is 1.52. The smallest absolute Gasteiger partial charge is 0.263 e. The molecule has 12 heteroatoms. The zero-order valence-corrected chi connectivity index (χ0v) is 20.9. The summed E-state index contributed by atoms with van der Waals surface area (Å²) in [6.45, 7) is 0. The lowest BCUT2D eigenvalue weighted by Crippen LogP contribution is -2.28. The average Bonchev–Trinajstić information content (AvgIpc) is 2.84. The third kappa shape index (κ3) is 6.23. The molecule has 3 N–H and O–H groups in total. The van der Waals surface area contributed by atoms with Crippen LogP contribution >= 0.6 is 23.2 Å². The number of nitrogens with one attached hydrogen (secondary N) is 2. The molecule has 1 heterocycles. The van der Waals surface area contributed by atoms with Gasteiger partial charge in [0.25, 0.3) is 10.0 Å². The van der Waals surface area contributed by atoms with Gasteiger partial charge < -0.3 is 10.4 Å². The van der Waals surface area contributed by atoms with E-state index in [1.807, 2.05) is 0 Å². The summed E-state index contributed by atoms with van der Waals surface area (Å²) in [4.78, 5) is 7.99. The number of hydrogen-bond donors (Lipinski definition) is 3. The Morgan fingerprint density at radius 3 is 2.39 bits per heavy atom. The van der Waals surface area contributed by atoms with Crippen molar-refractivity contribution in [3.8, 4) is 11.8 Å². The first-order valence-electron chi connectivity index (χ1n) is 10.9. The number of nitrogens with zero attached hydrogens (tertiary/aromatic N) is 2. The van der Waals surface area contributed by atoms with Crippen molar-refractivity contribution in [3.63, 3.8) is 0 Å².